The predicted molar refractivity (Wildman–Crippen MR) is 218 cm³/mol. The molecule has 0 spiro atoms. The molecule has 1 aliphatic carbocycles. The number of nitrogens with zero attached hydrogens (tertiary/aromatic N) is 5. The van der Waals surface area contributed by atoms with Gasteiger partial charge < -0.3 is 29.1 Å². The van der Waals surface area contributed by atoms with Crippen molar-refractivity contribution < 1.29 is 23.7 Å². The SMILES string of the molecule is COCOc1cc(-c2ncc3c(N4CCCC(C)(O)C4)nc(OCC4(CN(C)C)CC4)nc3c2F)c2c(C#C[Si](C(C)C)(C(C)C)C(C)C)cccc2c1. The normalized spacial score (nSPS) is 18.6. The Morgan fingerprint density at radius 1 is 1.02 bits per heavy atom. The molecule has 11 heteroatoms. The highest BCUT2D eigenvalue weighted by molar-refractivity contribution is 6.90. The van der Waals surface area contributed by atoms with Crippen LogP contribution >= 0.6 is 0 Å². The summed E-state index contributed by atoms with van der Waals surface area (Å²) in [6, 6.07) is 9.88. The molecule has 2 aromatic heterocycles. The van der Waals surface area contributed by atoms with Crippen LogP contribution in [0.25, 0.3) is 32.9 Å². The molecule has 1 N–H and O–H groups in total. The van der Waals surface area contributed by atoms with Gasteiger partial charge in [0.15, 0.2) is 12.6 Å². The molecular weight excluding hydrogens is 698 g/mol. The minimum atomic E-state index is -2.08. The Morgan fingerprint density at radius 2 is 1.74 bits per heavy atom. The third-order valence-corrected chi connectivity index (χ3v) is 17.9. The van der Waals surface area contributed by atoms with Gasteiger partial charge in [-0.3, -0.25) is 4.98 Å². The molecule has 0 bridgehead atoms. The van der Waals surface area contributed by atoms with Crippen molar-refractivity contribution >= 4 is 35.6 Å². The molecule has 1 atom stereocenters. The lowest BCUT2D eigenvalue weighted by Gasteiger charge is -2.38. The highest BCUT2D eigenvalue weighted by atomic mass is 28.3. The summed E-state index contributed by atoms with van der Waals surface area (Å²) in [7, 11) is 3.60. The summed E-state index contributed by atoms with van der Waals surface area (Å²) in [4.78, 5) is 18.6. The third-order valence-electron chi connectivity index (χ3n) is 11.6. The van der Waals surface area contributed by atoms with E-state index in [0.29, 0.717) is 65.3 Å². The fourth-order valence-corrected chi connectivity index (χ4v) is 14.1. The fraction of sp³-hybridized carbons (Fsp3) is 0.558. The number of hydrogen-bond donors (Lipinski definition) is 1. The largest absolute Gasteiger partial charge is 0.468 e. The monoisotopic (exact) mass is 755 g/mol. The first kappa shape index (κ1) is 39.9. The number of halogens is 1. The van der Waals surface area contributed by atoms with Gasteiger partial charge in [0.2, 0.25) is 0 Å². The Bertz CT molecular complexity index is 2030. The maximum absolute atomic E-state index is 17.5. The number of rotatable bonds is 13. The maximum atomic E-state index is 17.5. The lowest BCUT2D eigenvalue weighted by Crippen LogP contribution is -2.46. The van der Waals surface area contributed by atoms with Crippen LogP contribution in [0.15, 0.2) is 36.5 Å². The zero-order valence-electron chi connectivity index (χ0n) is 33.8. The van der Waals surface area contributed by atoms with Crippen molar-refractivity contribution in [1.29, 1.82) is 0 Å². The van der Waals surface area contributed by atoms with Crippen molar-refractivity contribution in [2.75, 3.05) is 59.1 Å². The minimum Gasteiger partial charge on any atom is -0.468 e. The predicted octanol–water partition coefficient (Wildman–Crippen LogP) is 8.61. The average molecular weight is 756 g/mol. The van der Waals surface area contributed by atoms with E-state index < -0.39 is 19.5 Å². The number of β-amino-alcohol motifs (C(OH)–C–C–N with tert-alkyl or cyclic N) is 1. The summed E-state index contributed by atoms with van der Waals surface area (Å²) in [5.74, 6) is 4.09. The summed E-state index contributed by atoms with van der Waals surface area (Å²) < 4.78 is 35.0. The molecule has 3 heterocycles. The molecular formula is C43H58FN5O4Si. The number of pyridine rings is 1. The second kappa shape index (κ2) is 15.7. The van der Waals surface area contributed by atoms with Crippen LogP contribution in [-0.2, 0) is 4.74 Å². The van der Waals surface area contributed by atoms with Gasteiger partial charge in [-0.25, -0.2) is 4.39 Å². The molecule has 0 radical (unpaired) electrons. The van der Waals surface area contributed by atoms with Crippen LogP contribution in [-0.4, -0.2) is 92.9 Å². The maximum Gasteiger partial charge on any atom is 0.319 e. The van der Waals surface area contributed by atoms with Crippen molar-refractivity contribution in [3.05, 3.63) is 47.9 Å². The summed E-state index contributed by atoms with van der Waals surface area (Å²) in [6.45, 7) is 18.0. The zero-order valence-corrected chi connectivity index (χ0v) is 34.8. The number of hydrogen-bond acceptors (Lipinski definition) is 9. The van der Waals surface area contributed by atoms with E-state index in [1.54, 1.807) is 13.3 Å². The Hall–Kier alpha value is -3.82. The summed E-state index contributed by atoms with van der Waals surface area (Å²) in [6.07, 6.45) is 5.21. The topological polar surface area (TPSA) is 93.1 Å². The van der Waals surface area contributed by atoms with Crippen LogP contribution in [0.5, 0.6) is 11.8 Å². The molecule has 1 saturated carbocycles. The second-order valence-corrected chi connectivity index (χ2v) is 22.7. The summed E-state index contributed by atoms with van der Waals surface area (Å²) in [5, 5.41) is 13.2. The third kappa shape index (κ3) is 8.08. The number of aliphatic hydroxyl groups is 1. The quantitative estimate of drug-likeness (QED) is 0.0818. The van der Waals surface area contributed by atoms with Crippen LogP contribution < -0.4 is 14.4 Å². The van der Waals surface area contributed by atoms with Gasteiger partial charge in [0.05, 0.1) is 17.6 Å². The van der Waals surface area contributed by atoms with Crippen LogP contribution in [0, 0.1) is 22.7 Å². The lowest BCUT2D eigenvalue weighted by atomic mass is 9.95. The molecule has 1 aliphatic heterocycles. The molecule has 4 aromatic rings. The van der Waals surface area contributed by atoms with Crippen molar-refractivity contribution in [2.24, 2.45) is 5.41 Å². The lowest BCUT2D eigenvalue weighted by molar-refractivity contribution is 0.0447. The highest BCUT2D eigenvalue weighted by Gasteiger charge is 2.44. The molecule has 1 saturated heterocycles. The van der Waals surface area contributed by atoms with Crippen LogP contribution in [0.4, 0.5) is 10.2 Å². The number of ether oxygens (including phenoxy) is 3. The Kier molecular flexibility index (Phi) is 11.6. The molecule has 290 valence electrons. The van der Waals surface area contributed by atoms with E-state index in [0.717, 1.165) is 42.1 Å². The van der Waals surface area contributed by atoms with E-state index in [1.807, 2.05) is 42.2 Å². The van der Waals surface area contributed by atoms with Gasteiger partial charge in [-0.15, -0.1) is 5.54 Å². The Labute approximate surface area is 321 Å². The van der Waals surface area contributed by atoms with Gasteiger partial charge >= 0.3 is 6.01 Å². The summed E-state index contributed by atoms with van der Waals surface area (Å²) in [5.41, 5.74) is 5.99. The number of benzene rings is 2. The van der Waals surface area contributed by atoms with Gasteiger partial charge in [0, 0.05) is 54.9 Å². The van der Waals surface area contributed by atoms with Crippen LogP contribution in [0.2, 0.25) is 16.6 Å². The van der Waals surface area contributed by atoms with E-state index >= 15 is 4.39 Å². The van der Waals surface area contributed by atoms with E-state index in [4.69, 9.17) is 29.2 Å². The van der Waals surface area contributed by atoms with Crippen molar-refractivity contribution in [3.8, 4) is 34.5 Å². The number of anilines is 1. The molecule has 2 fully saturated rings. The molecule has 54 heavy (non-hydrogen) atoms. The van der Waals surface area contributed by atoms with E-state index in [-0.39, 0.29) is 29.4 Å². The minimum absolute atomic E-state index is 0.0267. The van der Waals surface area contributed by atoms with Crippen molar-refractivity contribution in [1.82, 2.24) is 19.9 Å². The fourth-order valence-electron chi connectivity index (χ4n) is 8.84. The van der Waals surface area contributed by atoms with Gasteiger partial charge in [0.25, 0.3) is 0 Å². The van der Waals surface area contributed by atoms with Gasteiger partial charge in [-0.1, -0.05) is 59.6 Å². The van der Waals surface area contributed by atoms with E-state index in [1.165, 1.54) is 0 Å². The van der Waals surface area contributed by atoms with Crippen molar-refractivity contribution in [3.63, 3.8) is 0 Å². The van der Waals surface area contributed by atoms with Crippen molar-refractivity contribution in [2.45, 2.75) is 96.4 Å². The zero-order chi connectivity index (χ0) is 39.0. The molecule has 2 aliphatic rings. The number of methoxy groups -OCH3 is 1. The molecule has 6 rings (SSSR count). The van der Waals surface area contributed by atoms with Crippen LogP contribution in [0.3, 0.4) is 0 Å². The Morgan fingerprint density at radius 3 is 2.37 bits per heavy atom. The van der Waals surface area contributed by atoms with Crippen LogP contribution in [0.1, 0.15) is 79.7 Å². The molecule has 0 amide bonds. The number of aromatic nitrogens is 3. The van der Waals surface area contributed by atoms with E-state index in [9.17, 15) is 5.11 Å². The first-order valence-electron chi connectivity index (χ1n) is 19.4. The highest BCUT2D eigenvalue weighted by Crippen LogP contribution is 2.47. The Balaban J connectivity index is 1.56. The molecule has 9 nitrogen and oxygen atoms in total. The first-order valence-corrected chi connectivity index (χ1v) is 21.7. The smallest absolute Gasteiger partial charge is 0.319 e. The van der Waals surface area contributed by atoms with Gasteiger partial charge in [0.1, 0.15) is 30.9 Å². The first-order chi connectivity index (χ1) is 25.6. The summed E-state index contributed by atoms with van der Waals surface area (Å²) >= 11 is 0. The standard InChI is InChI=1S/C43H58FN5O4Si/c1-28(2)54(29(3)4,30(5)6)20-15-31-13-11-14-32-21-33(53-27-51-10)22-34(36(31)32)38-37(44)39-35(23-45-38)40(49-19-12-16-42(7,50)24-49)47-41(46-39)52-26-43(17-18-43)25-48(8)9/h11,13-14,21-23,28-30,50H,12,16-19,24-27H2,1-10H3. The van der Waals surface area contributed by atoms with Gasteiger partial charge in [-0.2, -0.15) is 9.97 Å². The van der Waals surface area contributed by atoms with Gasteiger partial charge in [-0.05, 0) is 86.9 Å². The average Bonchev–Trinajstić information content (AvgIpc) is 3.87. The number of fused-ring (bicyclic) bond motifs is 2. The molecule has 2 aromatic carbocycles. The molecule has 1 unspecified atom stereocenters. The second-order valence-electron chi connectivity index (χ2n) is 17.1. The van der Waals surface area contributed by atoms with E-state index in [2.05, 4.69) is 72.0 Å². The number of piperidine rings is 1.